The molecule has 0 saturated carbocycles. The van der Waals surface area contributed by atoms with Gasteiger partial charge in [-0.2, -0.15) is 0 Å². The van der Waals surface area contributed by atoms with E-state index in [4.69, 9.17) is 0 Å². The highest BCUT2D eigenvalue weighted by atomic mass is 32.1. The second-order valence-electron chi connectivity index (χ2n) is 13.5. The van der Waals surface area contributed by atoms with Crippen LogP contribution in [0.2, 0.25) is 0 Å². The smallest absolute Gasteiger partial charge is 0.142 e. The Morgan fingerprint density at radius 2 is 1.28 bits per heavy atom. The molecule has 0 radical (unpaired) electrons. The SMILES string of the molecule is CC1(C)c2ccccc2-c2cc3c4ccccc4n(C4NC(c5ccccc5)NC(c5cccc6c5sc5ccccc56)N4)c3cc21. The van der Waals surface area contributed by atoms with Crippen molar-refractivity contribution in [2.45, 2.75) is 37.9 Å². The molecule has 1 aliphatic carbocycles. The summed E-state index contributed by atoms with van der Waals surface area (Å²) in [6.07, 6.45) is -0.332. The molecule has 2 aromatic heterocycles. The highest BCUT2D eigenvalue weighted by molar-refractivity contribution is 7.26. The Morgan fingerprint density at radius 1 is 0.553 bits per heavy atom. The Kier molecular flexibility index (Phi) is 5.88. The molecule has 1 saturated heterocycles. The van der Waals surface area contributed by atoms with Crippen LogP contribution in [0.15, 0.2) is 133 Å². The quantitative estimate of drug-likeness (QED) is 0.183. The van der Waals surface area contributed by atoms with Gasteiger partial charge in [-0.25, -0.2) is 0 Å². The molecule has 3 atom stereocenters. The number of thiophene rings is 1. The van der Waals surface area contributed by atoms with Crippen LogP contribution in [0, 0.1) is 0 Å². The molecule has 10 rings (SSSR count). The first-order valence-corrected chi connectivity index (χ1v) is 17.3. The first-order valence-electron chi connectivity index (χ1n) is 16.5. The maximum absolute atomic E-state index is 4.05. The van der Waals surface area contributed by atoms with Crippen LogP contribution in [0.4, 0.5) is 0 Å². The van der Waals surface area contributed by atoms with Crippen LogP contribution in [-0.2, 0) is 5.41 Å². The van der Waals surface area contributed by atoms with Crippen LogP contribution in [0.3, 0.4) is 0 Å². The third-order valence-electron chi connectivity index (χ3n) is 10.5. The van der Waals surface area contributed by atoms with Gasteiger partial charge in [-0.05, 0) is 52.1 Å². The van der Waals surface area contributed by atoms with Gasteiger partial charge in [0.1, 0.15) is 6.29 Å². The maximum atomic E-state index is 4.05. The average Bonchev–Trinajstić information content (AvgIpc) is 3.73. The Hall–Kier alpha value is -4.78. The molecule has 3 unspecified atom stereocenters. The van der Waals surface area contributed by atoms with E-state index >= 15 is 0 Å². The van der Waals surface area contributed by atoms with Crippen LogP contribution in [0.1, 0.15) is 54.7 Å². The lowest BCUT2D eigenvalue weighted by molar-refractivity contribution is 0.162. The molecule has 0 bridgehead atoms. The number of nitrogens with zero attached hydrogens (tertiary/aromatic N) is 1. The maximum Gasteiger partial charge on any atom is 0.142 e. The molecule has 2 aliphatic rings. The summed E-state index contributed by atoms with van der Waals surface area (Å²) in [5, 5.41) is 17.2. The molecule has 3 heterocycles. The van der Waals surface area contributed by atoms with Crippen LogP contribution in [-0.4, -0.2) is 4.57 Å². The largest absolute Gasteiger partial charge is 0.311 e. The van der Waals surface area contributed by atoms with Gasteiger partial charge < -0.3 is 4.57 Å². The fourth-order valence-corrected chi connectivity index (χ4v) is 9.51. The van der Waals surface area contributed by atoms with Crippen LogP contribution in [0.5, 0.6) is 0 Å². The van der Waals surface area contributed by atoms with Crippen molar-refractivity contribution in [3.05, 3.63) is 156 Å². The van der Waals surface area contributed by atoms with Gasteiger partial charge in [0.2, 0.25) is 0 Å². The second-order valence-corrected chi connectivity index (χ2v) is 14.5. The Labute approximate surface area is 277 Å². The number of hydrogen-bond donors (Lipinski definition) is 3. The summed E-state index contributed by atoms with van der Waals surface area (Å²) >= 11 is 1.88. The minimum Gasteiger partial charge on any atom is -0.311 e. The summed E-state index contributed by atoms with van der Waals surface area (Å²) in [6.45, 7) is 4.73. The second kappa shape index (κ2) is 10.1. The molecule has 8 aromatic rings. The highest BCUT2D eigenvalue weighted by Crippen LogP contribution is 2.51. The van der Waals surface area contributed by atoms with E-state index in [1.54, 1.807) is 0 Å². The summed E-state index contributed by atoms with van der Waals surface area (Å²) in [7, 11) is 0. The normalized spacial score (nSPS) is 20.3. The molecule has 1 aliphatic heterocycles. The minimum absolute atomic E-state index is 0.0663. The van der Waals surface area contributed by atoms with Crippen molar-refractivity contribution >= 4 is 53.3 Å². The van der Waals surface area contributed by atoms with Gasteiger partial charge in [-0.3, -0.25) is 16.0 Å². The van der Waals surface area contributed by atoms with Gasteiger partial charge in [0.15, 0.2) is 0 Å². The van der Waals surface area contributed by atoms with Crippen molar-refractivity contribution in [2.24, 2.45) is 0 Å². The van der Waals surface area contributed by atoms with Crippen molar-refractivity contribution in [2.75, 3.05) is 0 Å². The molecule has 0 spiro atoms. The van der Waals surface area contributed by atoms with E-state index in [0.717, 1.165) is 0 Å². The number of aromatic nitrogens is 1. The predicted molar refractivity (Wildman–Crippen MR) is 197 cm³/mol. The van der Waals surface area contributed by atoms with E-state index in [2.05, 4.69) is 168 Å². The fourth-order valence-electron chi connectivity index (χ4n) is 8.26. The van der Waals surface area contributed by atoms with E-state index in [1.807, 2.05) is 11.3 Å². The van der Waals surface area contributed by atoms with E-state index in [9.17, 15) is 0 Å². The van der Waals surface area contributed by atoms with Gasteiger partial charge in [-0.1, -0.05) is 123 Å². The molecule has 228 valence electrons. The van der Waals surface area contributed by atoms with Crippen LogP contribution >= 0.6 is 11.3 Å². The number of nitrogens with one attached hydrogen (secondary N) is 3. The minimum atomic E-state index is -0.177. The Bertz CT molecular complexity index is 2510. The molecule has 5 heteroatoms. The van der Waals surface area contributed by atoms with Crippen molar-refractivity contribution < 1.29 is 0 Å². The molecule has 1 fully saturated rings. The fraction of sp³-hybridized carbons (Fsp3) is 0.143. The van der Waals surface area contributed by atoms with Gasteiger partial charge in [0.25, 0.3) is 0 Å². The summed E-state index contributed by atoms with van der Waals surface area (Å²) in [4.78, 5) is 0. The monoisotopic (exact) mass is 626 g/mol. The molecular weight excluding hydrogens is 593 g/mol. The first-order chi connectivity index (χ1) is 23.1. The number of hydrogen-bond acceptors (Lipinski definition) is 4. The molecule has 0 amide bonds. The Morgan fingerprint density at radius 3 is 2.17 bits per heavy atom. The zero-order chi connectivity index (χ0) is 31.3. The van der Waals surface area contributed by atoms with Crippen LogP contribution in [0.25, 0.3) is 53.1 Å². The first kappa shape index (κ1) is 27.3. The Balaban J connectivity index is 1.19. The lowest BCUT2D eigenvalue weighted by atomic mass is 9.82. The highest BCUT2D eigenvalue weighted by Gasteiger charge is 2.37. The van der Waals surface area contributed by atoms with E-state index in [0.29, 0.717) is 0 Å². The molecule has 6 aromatic carbocycles. The van der Waals surface area contributed by atoms with E-state index < -0.39 is 0 Å². The van der Waals surface area contributed by atoms with Gasteiger partial charge in [0.05, 0.1) is 23.4 Å². The van der Waals surface area contributed by atoms with E-state index in [1.165, 1.54) is 75.4 Å². The van der Waals surface area contributed by atoms with Crippen molar-refractivity contribution in [1.29, 1.82) is 0 Å². The zero-order valence-electron chi connectivity index (χ0n) is 26.3. The average molecular weight is 627 g/mol. The van der Waals surface area contributed by atoms with Gasteiger partial charge in [0, 0.05) is 41.9 Å². The summed E-state index contributed by atoms with van der Waals surface area (Å²) in [5.74, 6) is 0. The molecule has 4 nitrogen and oxygen atoms in total. The van der Waals surface area contributed by atoms with Crippen molar-refractivity contribution in [1.82, 2.24) is 20.5 Å². The molecular formula is C42H34N4S. The van der Waals surface area contributed by atoms with E-state index in [-0.39, 0.29) is 24.0 Å². The number of rotatable bonds is 3. The molecule has 3 N–H and O–H groups in total. The summed E-state index contributed by atoms with van der Waals surface area (Å²) in [5.41, 5.74) is 10.3. The predicted octanol–water partition coefficient (Wildman–Crippen LogP) is 10.1. The lowest BCUT2D eigenvalue weighted by Gasteiger charge is -2.40. The summed E-state index contributed by atoms with van der Waals surface area (Å²) < 4.78 is 5.14. The summed E-state index contributed by atoms with van der Waals surface area (Å²) in [6, 6.07) is 49.0. The third kappa shape index (κ3) is 3.98. The van der Waals surface area contributed by atoms with Gasteiger partial charge in [-0.15, -0.1) is 11.3 Å². The number of benzene rings is 6. The number of para-hydroxylation sites is 1. The topological polar surface area (TPSA) is 41.0 Å². The lowest BCUT2D eigenvalue weighted by Crippen LogP contribution is -2.56. The molecule has 47 heavy (non-hydrogen) atoms. The van der Waals surface area contributed by atoms with Crippen molar-refractivity contribution in [3.8, 4) is 11.1 Å². The standard InChI is InChI=1S/C42H34N4S/c1-42(2)33-20-9-6-15-26(33)31-23-32-27-16-7-10-21-35(27)46(36(32)24-34(31)42)41-44-39(25-13-4-3-5-14-25)43-40(45-41)30-19-12-18-29-28-17-8-11-22-37(28)47-38(29)30/h3-24,39-41,43-45H,1-2H3. The van der Waals surface area contributed by atoms with Crippen LogP contribution < -0.4 is 16.0 Å². The zero-order valence-corrected chi connectivity index (χ0v) is 27.1. The third-order valence-corrected chi connectivity index (χ3v) is 11.8. The van der Waals surface area contributed by atoms with Crippen molar-refractivity contribution in [3.63, 3.8) is 0 Å². The number of fused-ring (bicyclic) bond motifs is 9. The van der Waals surface area contributed by atoms with Gasteiger partial charge >= 0.3 is 0 Å².